The Bertz CT molecular complexity index is 1080. The molecule has 33 heavy (non-hydrogen) atoms. The van der Waals surface area contributed by atoms with Crippen LogP contribution >= 0.6 is 0 Å². The number of aryl methyl sites for hydroxylation is 2. The van der Waals surface area contributed by atoms with Crippen molar-refractivity contribution in [2.24, 2.45) is 5.18 Å². The maximum absolute atomic E-state index is 10.8. The van der Waals surface area contributed by atoms with Crippen molar-refractivity contribution in [2.75, 3.05) is 20.3 Å². The lowest BCUT2D eigenvalue weighted by atomic mass is 9.90. The van der Waals surface area contributed by atoms with E-state index in [2.05, 4.69) is 38.1 Å². The molecule has 6 nitrogen and oxygen atoms in total. The van der Waals surface area contributed by atoms with Crippen LogP contribution in [0, 0.1) is 25.7 Å². The van der Waals surface area contributed by atoms with E-state index in [-0.39, 0.29) is 19.3 Å². The van der Waals surface area contributed by atoms with Crippen LogP contribution < -0.4 is 9.47 Å². The third kappa shape index (κ3) is 6.05. The summed E-state index contributed by atoms with van der Waals surface area (Å²) < 4.78 is 17.0. The number of rotatable bonds is 11. The highest BCUT2D eigenvalue weighted by molar-refractivity contribution is 5.76. The van der Waals surface area contributed by atoms with Gasteiger partial charge in [0.05, 0.1) is 0 Å². The van der Waals surface area contributed by atoms with Gasteiger partial charge in [-0.1, -0.05) is 23.4 Å². The molecule has 0 spiro atoms. The van der Waals surface area contributed by atoms with Crippen molar-refractivity contribution in [2.45, 2.75) is 33.5 Å². The van der Waals surface area contributed by atoms with Crippen molar-refractivity contribution >= 4 is 6.29 Å². The first-order valence-corrected chi connectivity index (χ1v) is 10.8. The smallest absolute Gasteiger partial charge is 0.150 e. The van der Waals surface area contributed by atoms with E-state index in [4.69, 9.17) is 14.2 Å². The second kappa shape index (κ2) is 11.4. The fourth-order valence-electron chi connectivity index (χ4n) is 3.81. The Balaban J connectivity index is 1.79. The molecule has 1 atom stereocenters. The fourth-order valence-corrected chi connectivity index (χ4v) is 3.81. The average molecular weight is 448 g/mol. The minimum Gasteiger partial charge on any atom is -0.491 e. The second-order valence-corrected chi connectivity index (χ2v) is 7.98. The van der Waals surface area contributed by atoms with E-state index in [1.165, 1.54) is 0 Å². The SMILES string of the molecule is CO[C@@H](CN=O)COc1cc(C)c(-c2cccc(COc3ccc(C=O)cc3)c2C)c(C)c1. The molecule has 0 bridgehead atoms. The molecule has 3 aromatic rings. The molecule has 6 heteroatoms. The standard InChI is InChI=1S/C27H29NO5/c1-18-12-24(33-17-25(31-4)14-28-30)13-19(2)27(18)26-7-5-6-22(20(26)3)16-32-23-10-8-21(15-29)9-11-23/h5-13,15,25H,14,16-17H2,1-4H3/t25-/m0/s1. The van der Waals surface area contributed by atoms with Crippen LogP contribution in [0.5, 0.6) is 11.5 Å². The average Bonchev–Trinajstić information content (AvgIpc) is 2.82. The van der Waals surface area contributed by atoms with Crippen molar-refractivity contribution in [3.63, 3.8) is 0 Å². The highest BCUT2D eigenvalue weighted by Gasteiger charge is 2.14. The largest absolute Gasteiger partial charge is 0.491 e. The highest BCUT2D eigenvalue weighted by atomic mass is 16.5. The van der Waals surface area contributed by atoms with E-state index in [0.29, 0.717) is 12.2 Å². The summed E-state index contributed by atoms with van der Waals surface area (Å²) >= 11 is 0. The molecular formula is C27H29NO5. The molecule has 0 aliphatic rings. The van der Waals surface area contributed by atoms with Crippen molar-refractivity contribution < 1.29 is 19.0 Å². The van der Waals surface area contributed by atoms with Crippen LogP contribution in [0.2, 0.25) is 0 Å². The third-order valence-electron chi connectivity index (χ3n) is 5.68. The molecule has 0 aliphatic heterocycles. The van der Waals surface area contributed by atoms with Gasteiger partial charge in [-0.3, -0.25) is 4.79 Å². The fraction of sp³-hybridized carbons (Fsp3) is 0.296. The number of benzene rings is 3. The van der Waals surface area contributed by atoms with Crippen molar-refractivity contribution in [3.05, 3.63) is 87.3 Å². The highest BCUT2D eigenvalue weighted by Crippen LogP contribution is 2.34. The topological polar surface area (TPSA) is 74.2 Å². The molecule has 0 fully saturated rings. The van der Waals surface area contributed by atoms with Crippen LogP contribution in [0.4, 0.5) is 0 Å². The molecule has 3 rings (SSSR count). The normalized spacial score (nSPS) is 11.6. The van der Waals surface area contributed by atoms with Gasteiger partial charge in [0.1, 0.15) is 43.6 Å². The van der Waals surface area contributed by atoms with Gasteiger partial charge in [0.15, 0.2) is 0 Å². The predicted molar refractivity (Wildman–Crippen MR) is 129 cm³/mol. The van der Waals surface area contributed by atoms with E-state index >= 15 is 0 Å². The number of ether oxygens (including phenoxy) is 3. The Morgan fingerprint density at radius 2 is 1.64 bits per heavy atom. The first-order valence-electron chi connectivity index (χ1n) is 10.8. The summed E-state index contributed by atoms with van der Waals surface area (Å²) in [6.45, 7) is 6.98. The Hall–Kier alpha value is -3.51. The molecule has 0 heterocycles. The van der Waals surface area contributed by atoms with Gasteiger partial charge < -0.3 is 14.2 Å². The zero-order chi connectivity index (χ0) is 23.8. The van der Waals surface area contributed by atoms with Gasteiger partial charge in [-0.15, -0.1) is 0 Å². The Kier molecular flexibility index (Phi) is 8.33. The van der Waals surface area contributed by atoms with E-state index in [0.717, 1.165) is 51.2 Å². The van der Waals surface area contributed by atoms with Crippen molar-refractivity contribution in [3.8, 4) is 22.6 Å². The number of nitroso groups, excluding NO2 is 1. The van der Waals surface area contributed by atoms with Crippen LogP contribution in [0.1, 0.15) is 32.6 Å². The van der Waals surface area contributed by atoms with Crippen LogP contribution in [0.3, 0.4) is 0 Å². The van der Waals surface area contributed by atoms with Crippen molar-refractivity contribution in [1.82, 2.24) is 0 Å². The van der Waals surface area contributed by atoms with Crippen LogP contribution in [0.25, 0.3) is 11.1 Å². The first kappa shape index (κ1) is 24.1. The number of carbonyl (C=O) groups is 1. The summed E-state index contributed by atoms with van der Waals surface area (Å²) in [6, 6.07) is 17.3. The molecular weight excluding hydrogens is 418 g/mol. The number of carbonyl (C=O) groups excluding carboxylic acids is 1. The zero-order valence-electron chi connectivity index (χ0n) is 19.5. The van der Waals surface area contributed by atoms with Gasteiger partial charge in [-0.2, -0.15) is 4.91 Å². The molecule has 0 aliphatic carbocycles. The number of methoxy groups -OCH3 is 1. The summed E-state index contributed by atoms with van der Waals surface area (Å²) in [5.74, 6) is 1.45. The van der Waals surface area contributed by atoms with Crippen LogP contribution in [0.15, 0.2) is 59.8 Å². The first-order chi connectivity index (χ1) is 16.0. The second-order valence-electron chi connectivity index (χ2n) is 7.98. The molecule has 172 valence electrons. The summed E-state index contributed by atoms with van der Waals surface area (Å²) in [4.78, 5) is 21.3. The Labute approximate surface area is 194 Å². The maximum atomic E-state index is 10.8. The maximum Gasteiger partial charge on any atom is 0.150 e. The molecule has 0 radical (unpaired) electrons. The summed E-state index contributed by atoms with van der Waals surface area (Å²) in [6.07, 6.45) is 0.452. The monoisotopic (exact) mass is 447 g/mol. The molecule has 0 aromatic heterocycles. The Morgan fingerprint density at radius 1 is 0.939 bits per heavy atom. The van der Waals surface area contributed by atoms with Crippen molar-refractivity contribution in [1.29, 1.82) is 0 Å². The summed E-state index contributed by atoms with van der Waals surface area (Å²) in [5.41, 5.74) is 7.37. The number of aldehydes is 1. The Morgan fingerprint density at radius 3 is 2.24 bits per heavy atom. The minimum atomic E-state index is -0.364. The minimum absolute atomic E-state index is 0.0574. The molecule has 0 amide bonds. The molecule has 0 unspecified atom stereocenters. The molecule has 0 saturated heterocycles. The van der Waals surface area contributed by atoms with Gasteiger partial charge in [-0.25, -0.2) is 0 Å². The van der Waals surface area contributed by atoms with Gasteiger partial charge in [0, 0.05) is 12.7 Å². The molecule has 3 aromatic carbocycles. The predicted octanol–water partition coefficient (Wildman–Crippen LogP) is 5.83. The van der Waals surface area contributed by atoms with Crippen LogP contribution in [-0.2, 0) is 11.3 Å². The van der Waals surface area contributed by atoms with Crippen LogP contribution in [-0.4, -0.2) is 32.7 Å². The van der Waals surface area contributed by atoms with E-state index in [1.807, 2.05) is 18.2 Å². The third-order valence-corrected chi connectivity index (χ3v) is 5.68. The van der Waals surface area contributed by atoms with Gasteiger partial charge in [0.2, 0.25) is 0 Å². The van der Waals surface area contributed by atoms with E-state index in [9.17, 15) is 9.70 Å². The summed E-state index contributed by atoms with van der Waals surface area (Å²) in [5, 5.41) is 2.89. The number of hydrogen-bond donors (Lipinski definition) is 0. The zero-order valence-corrected chi connectivity index (χ0v) is 19.5. The summed E-state index contributed by atoms with van der Waals surface area (Å²) in [7, 11) is 1.54. The van der Waals surface area contributed by atoms with Gasteiger partial charge in [0.25, 0.3) is 0 Å². The lowest BCUT2D eigenvalue weighted by Crippen LogP contribution is -2.23. The van der Waals surface area contributed by atoms with E-state index < -0.39 is 0 Å². The number of nitrogens with zero attached hydrogens (tertiary/aromatic N) is 1. The lowest BCUT2D eigenvalue weighted by Gasteiger charge is -2.19. The molecule has 0 N–H and O–H groups in total. The number of hydrogen-bond acceptors (Lipinski definition) is 6. The molecule has 0 saturated carbocycles. The van der Waals surface area contributed by atoms with E-state index in [1.54, 1.807) is 31.4 Å². The quantitative estimate of drug-likeness (QED) is 0.273. The lowest BCUT2D eigenvalue weighted by molar-refractivity contribution is 0.0645. The van der Waals surface area contributed by atoms with Gasteiger partial charge >= 0.3 is 0 Å². The van der Waals surface area contributed by atoms with Gasteiger partial charge in [-0.05, 0) is 90.6 Å².